The van der Waals surface area contributed by atoms with Gasteiger partial charge in [0.05, 0.1) is 0 Å². The smallest absolute Gasteiger partial charge is 0.245 e. The second kappa shape index (κ2) is 3.44. The first-order valence-corrected chi connectivity index (χ1v) is 3.23. The molecule has 0 saturated carbocycles. The quantitative estimate of drug-likeness (QED) is 0.363. The second-order valence-electron chi connectivity index (χ2n) is 2.26. The third kappa shape index (κ3) is 1.61. The van der Waals surface area contributed by atoms with E-state index in [2.05, 4.69) is 4.85 Å². The first kappa shape index (κ1) is 9.52. The lowest BCUT2D eigenvalue weighted by Crippen LogP contribution is -2.00. The fourth-order valence-corrected chi connectivity index (χ4v) is 0.841. The summed E-state index contributed by atoms with van der Waals surface area (Å²) in [5, 5.41) is 0. The fourth-order valence-electron chi connectivity index (χ4n) is 0.841. The van der Waals surface area contributed by atoms with E-state index in [0.29, 0.717) is 0 Å². The molecule has 13 heavy (non-hydrogen) atoms. The van der Waals surface area contributed by atoms with Crippen molar-refractivity contribution in [1.29, 1.82) is 0 Å². The van der Waals surface area contributed by atoms with Crippen LogP contribution in [0.4, 0.5) is 17.6 Å². The van der Waals surface area contributed by atoms with Gasteiger partial charge in [-0.05, 0) is 0 Å². The first-order valence-electron chi connectivity index (χ1n) is 3.23. The van der Waals surface area contributed by atoms with Crippen molar-refractivity contribution in [2.45, 2.75) is 6.54 Å². The summed E-state index contributed by atoms with van der Waals surface area (Å²) in [4.78, 5) is 2.65. The minimum Gasteiger partial charge on any atom is -0.312 e. The third-order valence-electron chi connectivity index (χ3n) is 1.44. The Balaban J connectivity index is 3.39. The Hall–Kier alpha value is -1.57. The molecule has 1 rings (SSSR count). The van der Waals surface area contributed by atoms with Crippen molar-refractivity contribution in [1.82, 2.24) is 0 Å². The van der Waals surface area contributed by atoms with Crippen LogP contribution in [0, 0.1) is 29.8 Å². The fraction of sp³-hybridized carbons (Fsp3) is 0.125. The van der Waals surface area contributed by atoms with E-state index in [0.717, 1.165) is 0 Å². The SMILES string of the molecule is [C-]#[N+]Cc1c(F)c(F)cc(F)c1F. The molecule has 0 spiro atoms. The number of rotatable bonds is 1. The maximum atomic E-state index is 12.7. The molecule has 1 aromatic carbocycles. The van der Waals surface area contributed by atoms with E-state index in [4.69, 9.17) is 6.57 Å². The Morgan fingerprint density at radius 3 is 1.92 bits per heavy atom. The largest absolute Gasteiger partial charge is 0.312 e. The van der Waals surface area contributed by atoms with E-state index < -0.39 is 35.4 Å². The Morgan fingerprint density at radius 1 is 1.08 bits per heavy atom. The van der Waals surface area contributed by atoms with Gasteiger partial charge in [-0.3, -0.25) is 0 Å². The molecule has 68 valence electrons. The topological polar surface area (TPSA) is 4.36 Å². The zero-order valence-corrected chi connectivity index (χ0v) is 6.24. The van der Waals surface area contributed by atoms with Crippen molar-refractivity contribution in [2.24, 2.45) is 0 Å². The average molecular weight is 189 g/mol. The zero-order chi connectivity index (χ0) is 10.0. The maximum Gasteiger partial charge on any atom is 0.245 e. The highest BCUT2D eigenvalue weighted by Crippen LogP contribution is 2.19. The molecule has 1 aromatic rings. The van der Waals surface area contributed by atoms with Crippen molar-refractivity contribution in [3.05, 3.63) is 46.3 Å². The highest BCUT2D eigenvalue weighted by atomic mass is 19.2. The summed E-state index contributed by atoms with van der Waals surface area (Å²) in [6.07, 6.45) is 0. The van der Waals surface area contributed by atoms with E-state index >= 15 is 0 Å². The van der Waals surface area contributed by atoms with Gasteiger partial charge in [0, 0.05) is 6.07 Å². The number of halogens is 4. The third-order valence-corrected chi connectivity index (χ3v) is 1.44. The molecule has 0 aliphatic heterocycles. The number of hydrogen-bond acceptors (Lipinski definition) is 0. The van der Waals surface area contributed by atoms with Crippen LogP contribution in [0.25, 0.3) is 4.85 Å². The molecule has 5 heteroatoms. The van der Waals surface area contributed by atoms with Gasteiger partial charge in [-0.15, -0.1) is 0 Å². The lowest BCUT2D eigenvalue weighted by molar-refractivity contribution is 0.442. The van der Waals surface area contributed by atoms with Crippen LogP contribution >= 0.6 is 0 Å². The Morgan fingerprint density at radius 2 is 1.54 bits per heavy atom. The summed E-state index contributed by atoms with van der Waals surface area (Å²) >= 11 is 0. The van der Waals surface area contributed by atoms with Crippen LogP contribution in [0.1, 0.15) is 5.56 Å². The normalized spacial score (nSPS) is 9.77. The van der Waals surface area contributed by atoms with Gasteiger partial charge in [0.25, 0.3) is 0 Å². The zero-order valence-electron chi connectivity index (χ0n) is 6.24. The minimum atomic E-state index is -1.50. The summed E-state index contributed by atoms with van der Waals surface area (Å²) in [5.74, 6) is -5.99. The lowest BCUT2D eigenvalue weighted by atomic mass is 10.2. The molecule has 0 aromatic heterocycles. The summed E-state index contributed by atoms with van der Waals surface area (Å²) in [7, 11) is 0. The van der Waals surface area contributed by atoms with Gasteiger partial charge in [0.15, 0.2) is 23.3 Å². The first-order chi connectivity index (χ1) is 6.07. The summed E-state index contributed by atoms with van der Waals surface area (Å²) in [5.41, 5.74) is -0.868. The van der Waals surface area contributed by atoms with E-state index in [1.807, 2.05) is 0 Å². The molecular weight excluding hydrogens is 186 g/mol. The molecule has 1 nitrogen and oxygen atoms in total. The van der Waals surface area contributed by atoms with Crippen LogP contribution in [0.15, 0.2) is 6.07 Å². The summed E-state index contributed by atoms with van der Waals surface area (Å²) in [6.45, 7) is 5.61. The molecule has 0 unspecified atom stereocenters. The molecule has 0 amide bonds. The van der Waals surface area contributed by atoms with Crippen LogP contribution in [-0.2, 0) is 6.54 Å². The van der Waals surface area contributed by atoms with Crippen molar-refractivity contribution in [2.75, 3.05) is 0 Å². The van der Waals surface area contributed by atoms with E-state index in [1.165, 1.54) is 0 Å². The molecule has 0 aliphatic rings. The van der Waals surface area contributed by atoms with Crippen LogP contribution < -0.4 is 0 Å². The van der Waals surface area contributed by atoms with Gasteiger partial charge < -0.3 is 4.85 Å². The van der Waals surface area contributed by atoms with Crippen molar-refractivity contribution in [3.63, 3.8) is 0 Å². The molecule has 0 bridgehead atoms. The highest BCUT2D eigenvalue weighted by Gasteiger charge is 2.20. The van der Waals surface area contributed by atoms with Crippen LogP contribution in [0.5, 0.6) is 0 Å². The molecule has 0 saturated heterocycles. The van der Waals surface area contributed by atoms with Crippen LogP contribution in [0.3, 0.4) is 0 Å². The standard InChI is InChI=1S/C8H3F4N/c1-13-3-4-7(11)5(9)2-6(10)8(4)12/h2H,3H2. The van der Waals surface area contributed by atoms with E-state index in [1.54, 1.807) is 0 Å². The Kier molecular flexibility index (Phi) is 2.52. The molecule has 0 heterocycles. The molecule has 0 N–H and O–H groups in total. The van der Waals surface area contributed by atoms with Gasteiger partial charge in [-0.2, -0.15) is 0 Å². The molecule has 0 fully saturated rings. The van der Waals surface area contributed by atoms with Gasteiger partial charge in [-0.25, -0.2) is 24.1 Å². The molecule has 0 atom stereocenters. The molecular formula is C8H3F4N. The van der Waals surface area contributed by atoms with Gasteiger partial charge in [0.2, 0.25) is 6.54 Å². The number of nitrogens with zero attached hydrogens (tertiary/aromatic N) is 1. The van der Waals surface area contributed by atoms with E-state index in [9.17, 15) is 17.6 Å². The maximum absolute atomic E-state index is 12.7. The summed E-state index contributed by atoms with van der Waals surface area (Å²) < 4.78 is 50.3. The van der Waals surface area contributed by atoms with Crippen molar-refractivity contribution >= 4 is 0 Å². The average Bonchev–Trinajstić information content (AvgIpc) is 2.09. The van der Waals surface area contributed by atoms with Crippen LogP contribution in [-0.4, -0.2) is 0 Å². The van der Waals surface area contributed by atoms with E-state index in [-0.39, 0.29) is 6.07 Å². The molecule has 0 radical (unpaired) electrons. The minimum absolute atomic E-state index is 0.109. The summed E-state index contributed by atoms with van der Waals surface area (Å²) in [6, 6.07) is 0.109. The van der Waals surface area contributed by atoms with Crippen molar-refractivity contribution in [3.8, 4) is 0 Å². The van der Waals surface area contributed by atoms with Gasteiger partial charge in [-0.1, -0.05) is 0 Å². The second-order valence-corrected chi connectivity index (χ2v) is 2.26. The predicted molar refractivity (Wildman–Crippen MR) is 36.6 cm³/mol. The van der Waals surface area contributed by atoms with Crippen molar-refractivity contribution < 1.29 is 17.6 Å². The van der Waals surface area contributed by atoms with Gasteiger partial charge >= 0.3 is 0 Å². The lowest BCUT2D eigenvalue weighted by Gasteiger charge is -2.00. The number of benzene rings is 1. The monoisotopic (exact) mass is 189 g/mol. The van der Waals surface area contributed by atoms with Crippen LogP contribution in [0.2, 0.25) is 0 Å². The Labute approximate surface area is 71.4 Å². The Bertz CT molecular complexity index is 354. The predicted octanol–water partition coefficient (Wildman–Crippen LogP) is 2.66. The highest BCUT2D eigenvalue weighted by molar-refractivity contribution is 5.23. The molecule has 0 aliphatic carbocycles. The van der Waals surface area contributed by atoms with Gasteiger partial charge in [0.1, 0.15) is 5.56 Å². The number of hydrogen-bond donors (Lipinski definition) is 0.